The van der Waals surface area contributed by atoms with Crippen LogP contribution in [0.4, 0.5) is 4.79 Å². The van der Waals surface area contributed by atoms with E-state index in [1.54, 1.807) is 11.3 Å². The lowest BCUT2D eigenvalue weighted by Crippen LogP contribution is -2.45. The monoisotopic (exact) mass is 338 g/mol. The summed E-state index contributed by atoms with van der Waals surface area (Å²) in [6.45, 7) is 10.6. The van der Waals surface area contributed by atoms with Gasteiger partial charge in [0.25, 0.3) is 0 Å². The van der Waals surface area contributed by atoms with E-state index < -0.39 is 5.60 Å². The molecule has 1 fully saturated rings. The lowest BCUT2D eigenvalue weighted by atomic mass is 9.97. The number of nitrogens with zero attached hydrogens (tertiary/aromatic N) is 2. The fraction of sp³-hybridized carbons (Fsp3) is 0.722. The summed E-state index contributed by atoms with van der Waals surface area (Å²) in [7, 11) is 2.18. The summed E-state index contributed by atoms with van der Waals surface area (Å²) in [5.41, 5.74) is -0.422. The van der Waals surface area contributed by atoms with Crippen LogP contribution in [0.1, 0.15) is 51.5 Å². The SMILES string of the molecule is C[C@@H](c1cccs1)N(C)C[C@H]1CCCN(C(=O)OC(C)(C)C)C1. The Morgan fingerprint density at radius 2 is 2.26 bits per heavy atom. The molecule has 1 aromatic rings. The molecule has 0 spiro atoms. The molecule has 1 aromatic heterocycles. The van der Waals surface area contributed by atoms with Crippen LogP contribution in [-0.2, 0) is 4.74 Å². The Morgan fingerprint density at radius 1 is 1.52 bits per heavy atom. The van der Waals surface area contributed by atoms with Crippen molar-refractivity contribution >= 4 is 17.4 Å². The maximum absolute atomic E-state index is 12.3. The summed E-state index contributed by atoms with van der Waals surface area (Å²) < 4.78 is 5.51. The van der Waals surface area contributed by atoms with Crippen LogP contribution in [0.5, 0.6) is 0 Å². The molecule has 0 aromatic carbocycles. The van der Waals surface area contributed by atoms with Crippen molar-refractivity contribution in [1.29, 1.82) is 0 Å². The number of ether oxygens (including phenoxy) is 1. The van der Waals surface area contributed by atoms with Crippen LogP contribution < -0.4 is 0 Å². The van der Waals surface area contributed by atoms with Crippen LogP contribution in [0, 0.1) is 5.92 Å². The highest BCUT2D eigenvalue weighted by molar-refractivity contribution is 7.10. The molecule has 0 bridgehead atoms. The third kappa shape index (κ3) is 5.50. The topological polar surface area (TPSA) is 32.8 Å². The lowest BCUT2D eigenvalue weighted by molar-refractivity contribution is 0.0143. The third-order valence-electron chi connectivity index (χ3n) is 4.33. The number of carbonyl (C=O) groups excluding carboxylic acids is 1. The van der Waals surface area contributed by atoms with E-state index in [1.165, 1.54) is 11.3 Å². The zero-order valence-electron chi connectivity index (χ0n) is 15.0. The molecule has 4 nitrogen and oxygen atoms in total. The zero-order valence-corrected chi connectivity index (χ0v) is 15.9. The van der Waals surface area contributed by atoms with E-state index in [-0.39, 0.29) is 6.09 Å². The van der Waals surface area contributed by atoms with Gasteiger partial charge < -0.3 is 9.64 Å². The molecule has 0 saturated carbocycles. The van der Waals surface area contributed by atoms with Crippen molar-refractivity contribution in [3.8, 4) is 0 Å². The van der Waals surface area contributed by atoms with Crippen molar-refractivity contribution in [1.82, 2.24) is 9.80 Å². The maximum atomic E-state index is 12.3. The summed E-state index contributed by atoms with van der Waals surface area (Å²) in [5, 5.41) is 2.13. The summed E-state index contributed by atoms with van der Waals surface area (Å²) in [6.07, 6.45) is 2.07. The third-order valence-corrected chi connectivity index (χ3v) is 5.38. The molecule has 0 aliphatic carbocycles. The van der Waals surface area contributed by atoms with E-state index in [4.69, 9.17) is 4.74 Å². The normalized spacial score (nSPS) is 20.6. The highest BCUT2D eigenvalue weighted by atomic mass is 32.1. The fourth-order valence-electron chi connectivity index (χ4n) is 3.02. The van der Waals surface area contributed by atoms with Gasteiger partial charge in [-0.25, -0.2) is 4.79 Å². The number of amides is 1. The van der Waals surface area contributed by atoms with E-state index in [0.717, 1.165) is 26.1 Å². The molecule has 0 radical (unpaired) electrons. The van der Waals surface area contributed by atoms with E-state index in [9.17, 15) is 4.79 Å². The Labute approximate surface area is 144 Å². The molecule has 1 aliphatic heterocycles. The second-order valence-electron chi connectivity index (χ2n) is 7.57. The van der Waals surface area contributed by atoms with E-state index in [2.05, 4.69) is 36.4 Å². The number of likely N-dealkylation sites (tertiary alicyclic amines) is 1. The van der Waals surface area contributed by atoms with Gasteiger partial charge in [-0.15, -0.1) is 11.3 Å². The van der Waals surface area contributed by atoms with Gasteiger partial charge >= 0.3 is 6.09 Å². The van der Waals surface area contributed by atoms with Gasteiger partial charge in [0.15, 0.2) is 0 Å². The highest BCUT2D eigenvalue weighted by Crippen LogP contribution is 2.26. The molecule has 1 aliphatic rings. The second-order valence-corrected chi connectivity index (χ2v) is 8.54. The summed E-state index contributed by atoms with van der Waals surface area (Å²) in [5.74, 6) is 0.517. The molecule has 2 rings (SSSR count). The molecule has 1 amide bonds. The average molecular weight is 339 g/mol. The van der Waals surface area contributed by atoms with Gasteiger partial charge in [-0.1, -0.05) is 6.07 Å². The first kappa shape index (κ1) is 18.3. The van der Waals surface area contributed by atoms with Crippen LogP contribution in [-0.4, -0.2) is 48.2 Å². The Kier molecular flexibility index (Phi) is 6.09. The van der Waals surface area contributed by atoms with Crippen LogP contribution >= 0.6 is 11.3 Å². The summed E-state index contributed by atoms with van der Waals surface area (Å²) in [6, 6.07) is 4.72. The smallest absolute Gasteiger partial charge is 0.410 e. The Morgan fingerprint density at radius 3 is 2.87 bits per heavy atom. The van der Waals surface area contributed by atoms with Crippen molar-refractivity contribution in [2.24, 2.45) is 5.92 Å². The largest absolute Gasteiger partial charge is 0.444 e. The van der Waals surface area contributed by atoms with Gasteiger partial charge in [0.1, 0.15) is 5.60 Å². The predicted octanol–water partition coefficient (Wildman–Crippen LogP) is 4.39. The molecule has 0 unspecified atom stereocenters. The number of thiophene rings is 1. The zero-order chi connectivity index (χ0) is 17.0. The van der Waals surface area contributed by atoms with E-state index >= 15 is 0 Å². The molecule has 23 heavy (non-hydrogen) atoms. The van der Waals surface area contributed by atoms with Gasteiger partial charge in [-0.2, -0.15) is 0 Å². The minimum atomic E-state index is -0.422. The molecule has 2 atom stereocenters. The van der Waals surface area contributed by atoms with Gasteiger partial charge in [0.05, 0.1) is 0 Å². The Bertz CT molecular complexity index is 496. The summed E-state index contributed by atoms with van der Waals surface area (Å²) >= 11 is 1.81. The average Bonchev–Trinajstić information content (AvgIpc) is 2.99. The van der Waals surface area contributed by atoms with Crippen molar-refractivity contribution in [2.45, 2.75) is 52.2 Å². The van der Waals surface area contributed by atoms with E-state index in [1.807, 2.05) is 25.7 Å². The second kappa shape index (κ2) is 7.67. The number of hydrogen-bond acceptors (Lipinski definition) is 4. The van der Waals surface area contributed by atoms with Gasteiger partial charge in [-0.05, 0) is 64.9 Å². The quantitative estimate of drug-likeness (QED) is 0.816. The number of hydrogen-bond donors (Lipinski definition) is 0. The highest BCUT2D eigenvalue weighted by Gasteiger charge is 2.28. The first-order valence-electron chi connectivity index (χ1n) is 8.48. The molecule has 5 heteroatoms. The molecule has 130 valence electrons. The fourth-order valence-corrected chi connectivity index (χ4v) is 3.87. The van der Waals surface area contributed by atoms with Gasteiger partial charge in [0, 0.05) is 30.6 Å². The number of rotatable bonds is 4. The lowest BCUT2D eigenvalue weighted by Gasteiger charge is -2.36. The first-order chi connectivity index (χ1) is 10.8. The van der Waals surface area contributed by atoms with Crippen molar-refractivity contribution in [2.75, 3.05) is 26.7 Å². The molecular weight excluding hydrogens is 308 g/mol. The molecule has 0 N–H and O–H groups in total. The maximum Gasteiger partial charge on any atom is 0.410 e. The van der Waals surface area contributed by atoms with Crippen LogP contribution in [0.25, 0.3) is 0 Å². The molecule has 1 saturated heterocycles. The molecule has 2 heterocycles. The number of piperidine rings is 1. The van der Waals surface area contributed by atoms with Crippen molar-refractivity contribution in [3.05, 3.63) is 22.4 Å². The van der Waals surface area contributed by atoms with Gasteiger partial charge in [-0.3, -0.25) is 4.90 Å². The Balaban J connectivity index is 1.87. The standard InChI is InChI=1S/C18H30N2O2S/c1-14(16-9-7-11-23-16)19(5)12-15-8-6-10-20(13-15)17(21)22-18(2,3)4/h7,9,11,14-15H,6,8,10,12-13H2,1-5H3/t14-,15+/m0/s1. The molecular formula is C18H30N2O2S. The van der Waals surface area contributed by atoms with Crippen LogP contribution in [0.2, 0.25) is 0 Å². The summed E-state index contributed by atoms with van der Waals surface area (Å²) in [4.78, 5) is 17.9. The van der Waals surface area contributed by atoms with Crippen LogP contribution in [0.3, 0.4) is 0 Å². The van der Waals surface area contributed by atoms with Crippen molar-refractivity contribution in [3.63, 3.8) is 0 Å². The van der Waals surface area contributed by atoms with Gasteiger partial charge in [0.2, 0.25) is 0 Å². The first-order valence-corrected chi connectivity index (χ1v) is 9.36. The van der Waals surface area contributed by atoms with Crippen LogP contribution in [0.15, 0.2) is 17.5 Å². The predicted molar refractivity (Wildman–Crippen MR) is 95.9 cm³/mol. The minimum absolute atomic E-state index is 0.170. The minimum Gasteiger partial charge on any atom is -0.444 e. The number of carbonyl (C=O) groups is 1. The van der Waals surface area contributed by atoms with E-state index in [0.29, 0.717) is 12.0 Å². The Hall–Kier alpha value is -1.07. The van der Waals surface area contributed by atoms with Crippen molar-refractivity contribution < 1.29 is 9.53 Å².